The predicted molar refractivity (Wildman–Crippen MR) is 58.5 cm³/mol. The van der Waals surface area contributed by atoms with Crippen molar-refractivity contribution in [3.05, 3.63) is 0 Å². The highest BCUT2D eigenvalue weighted by molar-refractivity contribution is 6.66. The van der Waals surface area contributed by atoms with Crippen LogP contribution in [0.2, 0.25) is 5.54 Å². The summed E-state index contributed by atoms with van der Waals surface area (Å²) < 4.78 is 11.6. The molecule has 1 fully saturated rings. The Morgan fingerprint density at radius 2 is 1.71 bits per heavy atom. The lowest BCUT2D eigenvalue weighted by Gasteiger charge is -2.33. The molecule has 0 saturated heterocycles. The van der Waals surface area contributed by atoms with E-state index in [4.69, 9.17) is 14.7 Å². The van der Waals surface area contributed by atoms with E-state index < -0.39 is 8.72 Å². The predicted octanol–water partition coefficient (Wildman–Crippen LogP) is 1.41. The average molecular weight is 218 g/mol. The monoisotopic (exact) mass is 218 g/mol. The fourth-order valence-corrected chi connectivity index (χ4v) is 5.20. The van der Waals surface area contributed by atoms with Gasteiger partial charge in [0.25, 0.3) is 0 Å². The molecule has 0 aromatic carbocycles. The molecule has 0 aromatic heterocycles. The topological polar surface area (TPSA) is 56.5 Å². The second-order valence-corrected chi connectivity index (χ2v) is 6.68. The van der Waals surface area contributed by atoms with Crippen LogP contribution in [0.1, 0.15) is 39.5 Å². The van der Waals surface area contributed by atoms with Gasteiger partial charge in [-0.1, -0.05) is 12.8 Å². The van der Waals surface area contributed by atoms with Gasteiger partial charge in [-0.3, -0.25) is 5.84 Å². The molecule has 5 heteroatoms. The van der Waals surface area contributed by atoms with Gasteiger partial charge in [0.1, 0.15) is 0 Å². The van der Waals surface area contributed by atoms with E-state index in [-0.39, 0.29) is 0 Å². The zero-order valence-corrected chi connectivity index (χ0v) is 10.2. The van der Waals surface area contributed by atoms with Gasteiger partial charge in [-0.15, -0.1) is 0 Å². The standard InChI is InChI=1S/C9H22N2O2Si/c1-3-12-14(11-10,13-4-2)9-7-5-6-8-9/h9,11H,3-8,10H2,1-2H3. The molecule has 0 spiro atoms. The number of nitrogens with one attached hydrogen (secondary N) is 1. The average Bonchev–Trinajstić information content (AvgIpc) is 2.70. The van der Waals surface area contributed by atoms with Crippen LogP contribution in [-0.4, -0.2) is 21.9 Å². The van der Waals surface area contributed by atoms with E-state index in [0.717, 1.165) is 0 Å². The quantitative estimate of drug-likeness (QED) is 0.402. The second kappa shape index (κ2) is 5.82. The molecular weight excluding hydrogens is 196 g/mol. The molecule has 3 N–H and O–H groups in total. The van der Waals surface area contributed by atoms with Gasteiger partial charge in [-0.2, -0.15) is 0 Å². The Labute approximate surface area is 87.4 Å². The molecule has 14 heavy (non-hydrogen) atoms. The van der Waals surface area contributed by atoms with Crippen molar-refractivity contribution in [3.63, 3.8) is 0 Å². The molecule has 0 radical (unpaired) electrons. The minimum absolute atomic E-state index is 0.521. The molecule has 0 unspecified atom stereocenters. The minimum atomic E-state index is -2.31. The van der Waals surface area contributed by atoms with E-state index in [1.54, 1.807) is 0 Å². The summed E-state index contributed by atoms with van der Waals surface area (Å²) in [7, 11) is -2.31. The van der Waals surface area contributed by atoms with Crippen LogP contribution < -0.4 is 10.9 Å². The van der Waals surface area contributed by atoms with Crippen LogP contribution in [0.25, 0.3) is 0 Å². The highest BCUT2D eigenvalue weighted by Crippen LogP contribution is 2.37. The lowest BCUT2D eigenvalue weighted by atomic mass is 10.4. The fraction of sp³-hybridized carbons (Fsp3) is 1.00. The van der Waals surface area contributed by atoms with E-state index >= 15 is 0 Å². The number of hydrogen-bond donors (Lipinski definition) is 2. The molecule has 0 bridgehead atoms. The first-order valence-electron chi connectivity index (χ1n) is 5.54. The van der Waals surface area contributed by atoms with E-state index in [1.165, 1.54) is 25.7 Å². The summed E-state index contributed by atoms with van der Waals surface area (Å²) in [5, 5.41) is 2.85. The Bertz CT molecular complexity index is 157. The summed E-state index contributed by atoms with van der Waals surface area (Å²) in [6.45, 7) is 5.33. The van der Waals surface area contributed by atoms with Crippen molar-refractivity contribution in [3.8, 4) is 0 Å². The summed E-state index contributed by atoms with van der Waals surface area (Å²) in [5.74, 6) is 5.62. The Balaban J connectivity index is 2.64. The molecule has 1 rings (SSSR count). The summed E-state index contributed by atoms with van der Waals surface area (Å²) in [6.07, 6.45) is 4.94. The maximum absolute atomic E-state index is 5.78. The van der Waals surface area contributed by atoms with Gasteiger partial charge in [0.05, 0.1) is 0 Å². The van der Waals surface area contributed by atoms with E-state index in [2.05, 4.69) is 5.09 Å². The zero-order chi connectivity index (χ0) is 10.4. The summed E-state index contributed by atoms with van der Waals surface area (Å²) in [5.41, 5.74) is 0.521. The van der Waals surface area contributed by atoms with Crippen molar-refractivity contribution in [1.29, 1.82) is 0 Å². The maximum Gasteiger partial charge on any atom is 0.441 e. The van der Waals surface area contributed by atoms with Crippen molar-refractivity contribution >= 4 is 8.72 Å². The number of hydrazine groups is 1. The van der Waals surface area contributed by atoms with Crippen LogP contribution >= 0.6 is 0 Å². The second-order valence-electron chi connectivity index (χ2n) is 3.66. The Kier molecular flexibility index (Phi) is 5.04. The third kappa shape index (κ3) is 2.55. The highest BCUT2D eigenvalue weighted by Gasteiger charge is 2.47. The minimum Gasteiger partial charge on any atom is -0.382 e. The first-order chi connectivity index (χ1) is 6.79. The van der Waals surface area contributed by atoms with E-state index in [1.807, 2.05) is 13.8 Å². The zero-order valence-electron chi connectivity index (χ0n) is 9.21. The molecule has 0 aromatic rings. The molecule has 1 saturated carbocycles. The summed E-state index contributed by atoms with van der Waals surface area (Å²) in [6, 6.07) is 0. The van der Waals surface area contributed by atoms with Gasteiger partial charge in [0, 0.05) is 18.8 Å². The molecule has 1 aliphatic rings. The molecule has 0 heterocycles. The molecule has 0 amide bonds. The number of rotatable bonds is 6. The van der Waals surface area contributed by atoms with Crippen LogP contribution in [0, 0.1) is 0 Å². The molecule has 84 valence electrons. The molecule has 0 atom stereocenters. The maximum atomic E-state index is 5.78. The van der Waals surface area contributed by atoms with Crippen molar-refractivity contribution in [2.45, 2.75) is 45.1 Å². The van der Waals surface area contributed by atoms with Crippen LogP contribution in [0.3, 0.4) is 0 Å². The van der Waals surface area contributed by atoms with E-state index in [9.17, 15) is 0 Å². The SMILES string of the molecule is CCO[Si](NN)(OCC)C1CCCC1. The largest absolute Gasteiger partial charge is 0.441 e. The Morgan fingerprint density at radius 3 is 2.07 bits per heavy atom. The normalized spacial score (nSPS) is 19.1. The Hall–Kier alpha value is 0.0569. The van der Waals surface area contributed by atoms with Crippen LogP contribution in [0.15, 0.2) is 0 Å². The first kappa shape index (κ1) is 12.1. The van der Waals surface area contributed by atoms with Crippen LogP contribution in [0.4, 0.5) is 0 Å². The van der Waals surface area contributed by atoms with Gasteiger partial charge in [-0.05, 0) is 26.7 Å². The number of nitrogens with two attached hydrogens (primary N) is 1. The van der Waals surface area contributed by atoms with Gasteiger partial charge in [-0.25, -0.2) is 5.09 Å². The molecular formula is C9H22N2O2Si. The number of hydrogen-bond acceptors (Lipinski definition) is 4. The molecule has 1 aliphatic carbocycles. The van der Waals surface area contributed by atoms with Crippen LogP contribution in [-0.2, 0) is 8.85 Å². The van der Waals surface area contributed by atoms with Gasteiger partial charge in [0.2, 0.25) is 0 Å². The van der Waals surface area contributed by atoms with Gasteiger partial charge in [0.15, 0.2) is 0 Å². The smallest absolute Gasteiger partial charge is 0.382 e. The summed E-state index contributed by atoms with van der Waals surface area (Å²) >= 11 is 0. The third-order valence-corrected chi connectivity index (χ3v) is 6.30. The first-order valence-corrected chi connectivity index (χ1v) is 7.44. The Morgan fingerprint density at radius 1 is 1.21 bits per heavy atom. The van der Waals surface area contributed by atoms with Gasteiger partial charge >= 0.3 is 8.72 Å². The molecule has 0 aliphatic heterocycles. The van der Waals surface area contributed by atoms with Crippen LogP contribution in [0.5, 0.6) is 0 Å². The fourth-order valence-electron chi connectivity index (χ4n) is 2.21. The lowest BCUT2D eigenvalue weighted by molar-refractivity contribution is 0.160. The van der Waals surface area contributed by atoms with Crippen molar-refractivity contribution in [2.24, 2.45) is 5.84 Å². The lowest BCUT2D eigenvalue weighted by Crippen LogP contribution is -2.62. The third-order valence-electron chi connectivity index (χ3n) is 2.81. The highest BCUT2D eigenvalue weighted by atomic mass is 28.4. The van der Waals surface area contributed by atoms with Crippen molar-refractivity contribution < 1.29 is 8.85 Å². The van der Waals surface area contributed by atoms with Crippen molar-refractivity contribution in [2.75, 3.05) is 13.2 Å². The van der Waals surface area contributed by atoms with Gasteiger partial charge < -0.3 is 8.85 Å². The molecule has 4 nitrogen and oxygen atoms in total. The van der Waals surface area contributed by atoms with Crippen molar-refractivity contribution in [1.82, 2.24) is 5.09 Å². The summed E-state index contributed by atoms with van der Waals surface area (Å²) in [4.78, 5) is 0. The van der Waals surface area contributed by atoms with E-state index in [0.29, 0.717) is 18.8 Å².